The summed E-state index contributed by atoms with van der Waals surface area (Å²) < 4.78 is 118. The lowest BCUT2D eigenvalue weighted by Gasteiger charge is -2.36. The van der Waals surface area contributed by atoms with Crippen molar-refractivity contribution in [1.82, 2.24) is 0 Å². The van der Waals surface area contributed by atoms with E-state index in [1.807, 2.05) is 0 Å². The zero-order valence-corrected chi connectivity index (χ0v) is 14.2. The molecule has 160 valence electrons. The molecule has 1 aromatic carbocycles. The first-order valence-corrected chi connectivity index (χ1v) is 7.15. The van der Waals surface area contributed by atoms with Crippen LogP contribution in [0.25, 0.3) is 0 Å². The van der Waals surface area contributed by atoms with Gasteiger partial charge in [0.05, 0.1) is 5.56 Å². The smallest absolute Gasteiger partial charge is 0.430 e. The van der Waals surface area contributed by atoms with Crippen LogP contribution in [-0.4, -0.2) is 39.8 Å². The third-order valence-electron chi connectivity index (χ3n) is 4.26. The zero-order chi connectivity index (χ0) is 22.7. The maximum absolute atomic E-state index is 13.2. The van der Waals surface area contributed by atoms with E-state index in [0.29, 0.717) is 13.8 Å². The number of rotatable bonds is 3. The Labute approximate surface area is 151 Å². The lowest BCUT2D eigenvalue weighted by atomic mass is 9.78. The van der Waals surface area contributed by atoms with E-state index < -0.39 is 63.5 Å². The molecule has 1 unspecified atom stereocenters. The van der Waals surface area contributed by atoms with Gasteiger partial charge in [0, 0.05) is 5.56 Å². The molecule has 1 rings (SSSR count). The molecule has 28 heavy (non-hydrogen) atoms. The van der Waals surface area contributed by atoms with Crippen LogP contribution in [0, 0.1) is 13.8 Å². The summed E-state index contributed by atoms with van der Waals surface area (Å²) in [5, 5.41) is 28.4. The largest absolute Gasteiger partial charge is 0.478 e. The molecule has 0 saturated heterocycles. The normalized spacial score (nSPS) is 16.1. The van der Waals surface area contributed by atoms with Gasteiger partial charge in [0.2, 0.25) is 0 Å². The molecule has 13 heteroatoms. The van der Waals surface area contributed by atoms with Crippen LogP contribution >= 0.6 is 0 Å². The van der Waals surface area contributed by atoms with Gasteiger partial charge < -0.3 is 15.3 Å². The average Bonchev–Trinajstić information content (AvgIpc) is 2.43. The van der Waals surface area contributed by atoms with Crippen molar-refractivity contribution < 1.29 is 59.6 Å². The minimum Gasteiger partial charge on any atom is -0.478 e. The van der Waals surface area contributed by atoms with Gasteiger partial charge in [-0.25, -0.2) is 4.79 Å². The first kappa shape index (κ1) is 24.0. The number of alkyl halides is 9. The van der Waals surface area contributed by atoms with Crippen molar-refractivity contribution in [2.45, 2.75) is 50.5 Å². The molecular weight excluding hydrogens is 415 g/mol. The summed E-state index contributed by atoms with van der Waals surface area (Å²) in [5.41, 5.74) is -17.3. The quantitative estimate of drug-likeness (QED) is 0.635. The molecule has 0 saturated carbocycles. The number of carbonyl (C=O) groups is 1. The van der Waals surface area contributed by atoms with Gasteiger partial charge in [-0.1, -0.05) is 6.07 Å². The molecule has 0 aromatic heterocycles. The number of halogens is 9. The van der Waals surface area contributed by atoms with E-state index in [9.17, 15) is 54.5 Å². The van der Waals surface area contributed by atoms with E-state index in [0.717, 1.165) is 0 Å². The minimum atomic E-state index is -6.46. The van der Waals surface area contributed by atoms with Crippen LogP contribution in [-0.2, 0) is 11.2 Å². The molecule has 1 aromatic rings. The first-order chi connectivity index (χ1) is 12.1. The summed E-state index contributed by atoms with van der Waals surface area (Å²) in [6.07, 6.45) is -18.4. The van der Waals surface area contributed by atoms with Gasteiger partial charge in [-0.15, -0.1) is 0 Å². The summed E-state index contributed by atoms with van der Waals surface area (Å²) in [5.74, 6) is -2.46. The van der Waals surface area contributed by atoms with Gasteiger partial charge in [-0.05, 0) is 37.5 Å². The molecule has 0 aliphatic heterocycles. The predicted octanol–water partition coefficient (Wildman–Crippen LogP) is 4.08. The van der Waals surface area contributed by atoms with E-state index in [1.165, 1.54) is 0 Å². The van der Waals surface area contributed by atoms with Crippen LogP contribution in [0.5, 0.6) is 0 Å². The number of aryl methyl sites for hydroxylation is 1. The highest BCUT2D eigenvalue weighted by atomic mass is 19.4. The first-order valence-electron chi connectivity index (χ1n) is 7.15. The topological polar surface area (TPSA) is 77.8 Å². The second-order valence-corrected chi connectivity index (χ2v) is 6.20. The second-order valence-electron chi connectivity index (χ2n) is 6.20. The van der Waals surface area contributed by atoms with Crippen LogP contribution < -0.4 is 0 Å². The van der Waals surface area contributed by atoms with Crippen molar-refractivity contribution in [3.8, 4) is 0 Å². The van der Waals surface area contributed by atoms with Crippen molar-refractivity contribution in [2.24, 2.45) is 0 Å². The third kappa shape index (κ3) is 3.41. The number of aromatic carboxylic acids is 1. The molecule has 0 radical (unpaired) electrons. The number of aliphatic hydroxyl groups is 2. The highest BCUT2D eigenvalue weighted by Crippen LogP contribution is 2.53. The maximum Gasteiger partial charge on any atom is 0.430 e. The Morgan fingerprint density at radius 1 is 0.857 bits per heavy atom. The number of hydrogen-bond donors (Lipinski definition) is 3. The third-order valence-corrected chi connectivity index (χ3v) is 4.26. The average molecular weight is 428 g/mol. The number of hydrogen-bond acceptors (Lipinski definition) is 3. The van der Waals surface area contributed by atoms with E-state index in [4.69, 9.17) is 5.11 Å². The van der Waals surface area contributed by atoms with Crippen molar-refractivity contribution in [2.75, 3.05) is 0 Å². The molecule has 0 heterocycles. The Balaban J connectivity index is 4.18. The predicted molar refractivity (Wildman–Crippen MR) is 74.5 cm³/mol. The number of carboxylic acid groups (broad SMARTS) is 1. The highest BCUT2D eigenvalue weighted by Gasteiger charge is 2.73. The van der Waals surface area contributed by atoms with Crippen molar-refractivity contribution in [1.29, 1.82) is 0 Å². The number of carboxylic acids is 1. The van der Waals surface area contributed by atoms with Crippen LogP contribution in [0.15, 0.2) is 6.07 Å². The van der Waals surface area contributed by atoms with Crippen LogP contribution in [0.2, 0.25) is 0 Å². The monoisotopic (exact) mass is 428 g/mol. The summed E-state index contributed by atoms with van der Waals surface area (Å²) in [4.78, 5) is 11.4. The highest BCUT2D eigenvalue weighted by molar-refractivity contribution is 5.93. The molecule has 0 bridgehead atoms. The van der Waals surface area contributed by atoms with Crippen LogP contribution in [0.4, 0.5) is 39.5 Å². The second kappa shape index (κ2) is 6.51. The lowest BCUT2D eigenvalue weighted by molar-refractivity contribution is -0.376. The van der Waals surface area contributed by atoms with E-state index in [1.54, 1.807) is 0 Å². The Morgan fingerprint density at radius 3 is 1.54 bits per heavy atom. The van der Waals surface area contributed by atoms with E-state index in [-0.39, 0.29) is 13.0 Å². The Morgan fingerprint density at radius 2 is 1.25 bits per heavy atom. The maximum atomic E-state index is 13.2. The fraction of sp³-hybridized carbons (Fsp3) is 0.533. The van der Waals surface area contributed by atoms with Gasteiger partial charge in [0.15, 0.2) is 5.60 Å². The van der Waals surface area contributed by atoms with Crippen LogP contribution in [0.1, 0.15) is 39.5 Å². The zero-order valence-electron chi connectivity index (χ0n) is 14.2. The van der Waals surface area contributed by atoms with E-state index >= 15 is 0 Å². The van der Waals surface area contributed by atoms with Gasteiger partial charge in [0.1, 0.15) is 0 Å². The molecule has 0 spiro atoms. The molecule has 0 aliphatic rings. The molecule has 0 amide bonds. The summed E-state index contributed by atoms with van der Waals surface area (Å²) in [6, 6.07) is 0.132. The van der Waals surface area contributed by atoms with Gasteiger partial charge in [0.25, 0.3) is 5.60 Å². The molecule has 1 atom stereocenters. The Hall–Kier alpha value is -2.02. The lowest BCUT2D eigenvalue weighted by Crippen LogP contribution is -2.55. The van der Waals surface area contributed by atoms with Crippen molar-refractivity contribution in [3.05, 3.63) is 33.9 Å². The standard InChI is InChI=1S/C15H13F9O4/c1-5-4-7(11(3,27)13(16,17)18)6(2)8(10(25)26)9(5)12(28,14(19,20)21)15(22,23)24/h4,27-28H,1-3H3,(H,25,26). The molecular formula is C15H13F9O4. The number of benzene rings is 1. The van der Waals surface area contributed by atoms with Gasteiger partial charge in [-0.3, -0.25) is 0 Å². The SMILES string of the molecule is Cc1cc(C(C)(O)C(F)(F)F)c(C)c(C(=O)O)c1C(O)(C(F)(F)F)C(F)(F)F. The molecule has 0 fully saturated rings. The minimum absolute atomic E-state index is 0.132. The van der Waals surface area contributed by atoms with Gasteiger partial charge in [-0.2, -0.15) is 39.5 Å². The Bertz CT molecular complexity index is 775. The molecule has 0 aliphatic carbocycles. The Kier molecular flexibility index (Phi) is 5.58. The van der Waals surface area contributed by atoms with Crippen LogP contribution in [0.3, 0.4) is 0 Å². The summed E-state index contributed by atoms with van der Waals surface area (Å²) in [6.45, 7) is 1.11. The van der Waals surface area contributed by atoms with Crippen molar-refractivity contribution >= 4 is 5.97 Å². The molecule has 3 N–H and O–H groups in total. The fourth-order valence-corrected chi connectivity index (χ4v) is 2.75. The summed E-state index contributed by atoms with van der Waals surface area (Å²) in [7, 11) is 0. The summed E-state index contributed by atoms with van der Waals surface area (Å²) >= 11 is 0. The van der Waals surface area contributed by atoms with Gasteiger partial charge >= 0.3 is 24.5 Å². The molecule has 4 nitrogen and oxygen atoms in total. The van der Waals surface area contributed by atoms with Crippen molar-refractivity contribution in [3.63, 3.8) is 0 Å². The van der Waals surface area contributed by atoms with E-state index in [2.05, 4.69) is 0 Å². The fourth-order valence-electron chi connectivity index (χ4n) is 2.75.